The molecule has 0 aliphatic rings. The molecular weight excluding hydrogens is 245 g/mol. The molecule has 2 rings (SSSR count). The van der Waals surface area contributed by atoms with E-state index in [1.54, 1.807) is 31.4 Å². The molecule has 0 aliphatic carbocycles. The van der Waals surface area contributed by atoms with Crippen LogP contribution in [0, 0.1) is 12.7 Å². The molecule has 2 unspecified atom stereocenters. The molecule has 3 nitrogen and oxygen atoms in total. The molecule has 2 N–H and O–H groups in total. The third kappa shape index (κ3) is 3.15. The van der Waals surface area contributed by atoms with Gasteiger partial charge in [0, 0.05) is 6.04 Å². The van der Waals surface area contributed by atoms with Crippen LogP contribution in [-0.4, -0.2) is 6.04 Å². The van der Waals surface area contributed by atoms with Crippen molar-refractivity contribution in [3.63, 3.8) is 0 Å². The molecule has 1 aromatic carbocycles. The van der Waals surface area contributed by atoms with Crippen molar-refractivity contribution in [3.8, 4) is 5.75 Å². The molecule has 0 aliphatic heterocycles. The lowest BCUT2D eigenvalue weighted by Gasteiger charge is -2.22. The highest BCUT2D eigenvalue weighted by Crippen LogP contribution is 2.27. The number of nitrogens with two attached hydrogens (primary N) is 1. The molecule has 0 amide bonds. The average Bonchev–Trinajstić information content (AvgIpc) is 2.93. The van der Waals surface area contributed by atoms with Crippen molar-refractivity contribution >= 4 is 0 Å². The number of furan rings is 1. The first-order valence-corrected chi connectivity index (χ1v) is 6.33. The largest absolute Gasteiger partial charge is 0.481 e. The first-order valence-electron chi connectivity index (χ1n) is 6.33. The summed E-state index contributed by atoms with van der Waals surface area (Å²) in [4.78, 5) is 0. The van der Waals surface area contributed by atoms with Gasteiger partial charge in [0.15, 0.2) is 6.10 Å². The SMILES string of the molecule is CCC(N)C(Oc1ccc(F)c(C)c1)c1ccco1. The second kappa shape index (κ2) is 5.89. The van der Waals surface area contributed by atoms with Crippen LogP contribution in [-0.2, 0) is 0 Å². The van der Waals surface area contributed by atoms with Gasteiger partial charge in [-0.15, -0.1) is 0 Å². The minimum atomic E-state index is -0.370. The fourth-order valence-electron chi connectivity index (χ4n) is 1.86. The molecule has 0 spiro atoms. The number of hydrogen-bond donors (Lipinski definition) is 1. The summed E-state index contributed by atoms with van der Waals surface area (Å²) >= 11 is 0. The molecule has 1 aromatic heterocycles. The smallest absolute Gasteiger partial charge is 0.171 e. The van der Waals surface area contributed by atoms with E-state index in [1.807, 2.05) is 13.0 Å². The van der Waals surface area contributed by atoms with Crippen molar-refractivity contribution in [2.75, 3.05) is 0 Å². The third-order valence-corrected chi connectivity index (χ3v) is 3.08. The molecule has 4 heteroatoms. The standard InChI is InChI=1S/C15H18FNO2/c1-3-13(17)15(14-5-4-8-18-14)19-11-6-7-12(16)10(2)9-11/h4-9,13,15H,3,17H2,1-2H3. The van der Waals surface area contributed by atoms with E-state index in [0.717, 1.165) is 6.42 Å². The lowest BCUT2D eigenvalue weighted by Crippen LogP contribution is -2.31. The van der Waals surface area contributed by atoms with Crippen LogP contribution in [0.4, 0.5) is 4.39 Å². The Bertz CT molecular complexity index is 525. The summed E-state index contributed by atoms with van der Waals surface area (Å²) in [7, 11) is 0. The van der Waals surface area contributed by atoms with Crippen LogP contribution in [0.2, 0.25) is 0 Å². The van der Waals surface area contributed by atoms with Crippen LogP contribution in [0.5, 0.6) is 5.75 Å². The summed E-state index contributed by atoms with van der Waals surface area (Å²) in [5.41, 5.74) is 6.61. The molecule has 0 bridgehead atoms. The fourth-order valence-corrected chi connectivity index (χ4v) is 1.86. The Hall–Kier alpha value is -1.81. The molecule has 19 heavy (non-hydrogen) atoms. The van der Waals surface area contributed by atoms with Gasteiger partial charge in [-0.2, -0.15) is 0 Å². The van der Waals surface area contributed by atoms with Crippen molar-refractivity contribution in [1.82, 2.24) is 0 Å². The van der Waals surface area contributed by atoms with Crippen LogP contribution >= 0.6 is 0 Å². The van der Waals surface area contributed by atoms with E-state index in [4.69, 9.17) is 14.9 Å². The van der Waals surface area contributed by atoms with Gasteiger partial charge in [0.2, 0.25) is 0 Å². The van der Waals surface area contributed by atoms with Crippen LogP contribution in [0.1, 0.15) is 30.8 Å². The van der Waals surface area contributed by atoms with Crippen LogP contribution in [0.15, 0.2) is 41.0 Å². The van der Waals surface area contributed by atoms with Gasteiger partial charge in [0.25, 0.3) is 0 Å². The quantitative estimate of drug-likeness (QED) is 0.896. The van der Waals surface area contributed by atoms with Gasteiger partial charge in [-0.1, -0.05) is 6.92 Å². The summed E-state index contributed by atoms with van der Waals surface area (Å²) < 4.78 is 24.5. The first kappa shape index (κ1) is 13.6. The zero-order valence-corrected chi connectivity index (χ0v) is 11.1. The average molecular weight is 263 g/mol. The molecule has 0 radical (unpaired) electrons. The summed E-state index contributed by atoms with van der Waals surface area (Å²) in [6, 6.07) is 8.09. The maximum atomic E-state index is 13.2. The third-order valence-electron chi connectivity index (χ3n) is 3.08. The van der Waals surface area contributed by atoms with E-state index in [-0.39, 0.29) is 18.0 Å². The molecule has 0 saturated heterocycles. The summed E-state index contributed by atoms with van der Waals surface area (Å²) in [5.74, 6) is 1.02. The van der Waals surface area contributed by atoms with E-state index in [2.05, 4.69) is 0 Å². The van der Waals surface area contributed by atoms with Crippen LogP contribution in [0.3, 0.4) is 0 Å². The van der Waals surface area contributed by atoms with Crippen molar-refractivity contribution in [2.45, 2.75) is 32.4 Å². The number of hydrogen-bond acceptors (Lipinski definition) is 3. The Morgan fingerprint density at radius 1 is 1.37 bits per heavy atom. The van der Waals surface area contributed by atoms with Crippen molar-refractivity contribution in [2.24, 2.45) is 5.73 Å². The Balaban J connectivity index is 2.23. The van der Waals surface area contributed by atoms with Gasteiger partial charge in [-0.3, -0.25) is 0 Å². The lowest BCUT2D eigenvalue weighted by atomic mass is 10.1. The normalized spacial score (nSPS) is 14.1. The Morgan fingerprint density at radius 2 is 2.16 bits per heavy atom. The molecule has 1 heterocycles. The number of halogens is 1. The highest BCUT2D eigenvalue weighted by Gasteiger charge is 2.23. The topological polar surface area (TPSA) is 48.4 Å². The molecule has 0 fully saturated rings. The number of ether oxygens (including phenoxy) is 1. The number of benzene rings is 1. The predicted molar refractivity (Wildman–Crippen MR) is 71.5 cm³/mol. The Morgan fingerprint density at radius 3 is 2.74 bits per heavy atom. The maximum Gasteiger partial charge on any atom is 0.171 e. The van der Waals surface area contributed by atoms with Gasteiger partial charge in [-0.05, 0) is 49.2 Å². The lowest BCUT2D eigenvalue weighted by molar-refractivity contribution is 0.144. The summed E-state index contributed by atoms with van der Waals surface area (Å²) in [6.45, 7) is 3.68. The molecule has 2 aromatic rings. The zero-order valence-electron chi connectivity index (χ0n) is 11.1. The van der Waals surface area contributed by atoms with E-state index < -0.39 is 0 Å². The minimum Gasteiger partial charge on any atom is -0.481 e. The van der Waals surface area contributed by atoms with Gasteiger partial charge in [0.05, 0.1) is 6.26 Å². The molecular formula is C15H18FNO2. The monoisotopic (exact) mass is 263 g/mol. The highest BCUT2D eigenvalue weighted by molar-refractivity contribution is 5.29. The Labute approximate surface area is 112 Å². The zero-order chi connectivity index (χ0) is 13.8. The van der Waals surface area contributed by atoms with Gasteiger partial charge < -0.3 is 14.9 Å². The van der Waals surface area contributed by atoms with Gasteiger partial charge >= 0.3 is 0 Å². The van der Waals surface area contributed by atoms with Crippen LogP contribution < -0.4 is 10.5 Å². The van der Waals surface area contributed by atoms with E-state index in [1.165, 1.54) is 6.07 Å². The van der Waals surface area contributed by atoms with Gasteiger partial charge in [0.1, 0.15) is 17.3 Å². The molecule has 0 saturated carbocycles. The predicted octanol–water partition coefficient (Wildman–Crippen LogP) is 3.58. The molecule has 102 valence electrons. The fraction of sp³-hybridized carbons (Fsp3) is 0.333. The summed E-state index contributed by atoms with van der Waals surface area (Å²) in [6.07, 6.45) is 1.97. The van der Waals surface area contributed by atoms with E-state index in [9.17, 15) is 4.39 Å². The van der Waals surface area contributed by atoms with Gasteiger partial charge in [-0.25, -0.2) is 4.39 Å². The van der Waals surface area contributed by atoms with E-state index in [0.29, 0.717) is 17.1 Å². The second-order valence-corrected chi connectivity index (χ2v) is 4.54. The highest BCUT2D eigenvalue weighted by atomic mass is 19.1. The van der Waals surface area contributed by atoms with Crippen molar-refractivity contribution < 1.29 is 13.5 Å². The van der Waals surface area contributed by atoms with Crippen molar-refractivity contribution in [1.29, 1.82) is 0 Å². The number of rotatable bonds is 5. The minimum absolute atomic E-state index is 0.184. The summed E-state index contributed by atoms with van der Waals surface area (Å²) in [5, 5.41) is 0. The van der Waals surface area contributed by atoms with Crippen LogP contribution in [0.25, 0.3) is 0 Å². The first-order chi connectivity index (χ1) is 9.11. The maximum absolute atomic E-state index is 13.2. The molecule has 2 atom stereocenters. The Kier molecular flexibility index (Phi) is 4.22. The number of aryl methyl sites for hydroxylation is 1. The van der Waals surface area contributed by atoms with Crippen molar-refractivity contribution in [3.05, 3.63) is 53.7 Å². The second-order valence-electron chi connectivity index (χ2n) is 4.54. The van der Waals surface area contributed by atoms with E-state index >= 15 is 0 Å².